The number of hydrogen-bond donors (Lipinski definition) is 0. The summed E-state index contributed by atoms with van der Waals surface area (Å²) in [5.41, 5.74) is 14.4. The number of aryl methyl sites for hydroxylation is 2. The first-order chi connectivity index (χ1) is 21.9. The minimum Gasteiger partial charge on any atom is -1.00 e. The van der Waals surface area contributed by atoms with Gasteiger partial charge in [-0.3, -0.25) is 0 Å². The van der Waals surface area contributed by atoms with Crippen molar-refractivity contribution in [3.8, 4) is 0 Å². The van der Waals surface area contributed by atoms with Crippen LogP contribution in [0.4, 0.5) is 0 Å². The van der Waals surface area contributed by atoms with Crippen molar-refractivity contribution in [2.75, 3.05) is 0 Å². The molecule has 0 radical (unpaired) electrons. The first kappa shape index (κ1) is 33.8. The van der Waals surface area contributed by atoms with E-state index in [0.717, 1.165) is 0 Å². The number of halogens is 2. The normalized spacial score (nSPS) is 18.1. The van der Waals surface area contributed by atoms with Crippen LogP contribution in [0.15, 0.2) is 97.1 Å². The first-order valence-electron chi connectivity index (χ1n) is 16.4. The molecule has 47 heavy (non-hydrogen) atoms. The monoisotopic (exact) mass is 728 g/mol. The van der Waals surface area contributed by atoms with Crippen molar-refractivity contribution in [2.45, 2.75) is 63.5 Å². The van der Waals surface area contributed by atoms with Crippen LogP contribution in [-0.4, -0.2) is 9.13 Å². The van der Waals surface area contributed by atoms with Gasteiger partial charge in [0.15, 0.2) is 0 Å². The van der Waals surface area contributed by atoms with Crippen LogP contribution in [-0.2, 0) is 51.9 Å². The van der Waals surface area contributed by atoms with E-state index in [2.05, 4.69) is 131 Å². The first-order valence-corrected chi connectivity index (χ1v) is 16.4. The topological polar surface area (TPSA) is 9.86 Å². The smallest absolute Gasteiger partial charge is 1.00 e. The third-order valence-corrected chi connectivity index (χ3v) is 10.3. The zero-order chi connectivity index (χ0) is 29.0. The summed E-state index contributed by atoms with van der Waals surface area (Å²) in [7, 11) is 0. The molecule has 4 aliphatic carbocycles. The van der Waals surface area contributed by atoms with Gasteiger partial charge >= 0.3 is 26.2 Å². The van der Waals surface area contributed by atoms with E-state index in [1.807, 2.05) is 0 Å². The maximum atomic E-state index is 3.60. The van der Waals surface area contributed by atoms with E-state index in [4.69, 9.17) is 0 Å². The third kappa shape index (κ3) is 5.63. The maximum absolute atomic E-state index is 3.60. The number of hydrogen-bond acceptors (Lipinski definition) is 0. The van der Waals surface area contributed by atoms with Gasteiger partial charge in [-0.2, -0.15) is 11.1 Å². The van der Waals surface area contributed by atoms with Crippen LogP contribution in [0, 0.1) is 12.2 Å². The van der Waals surface area contributed by atoms with Gasteiger partial charge in [-0.05, 0) is 86.7 Å². The van der Waals surface area contributed by atoms with Gasteiger partial charge in [-0.15, -0.1) is 23.3 Å². The van der Waals surface area contributed by atoms with Crippen LogP contribution in [0.2, 0.25) is 0 Å². The second kappa shape index (κ2) is 14.2. The minimum absolute atomic E-state index is 0. The number of fused-ring (bicyclic) bond motifs is 8. The van der Waals surface area contributed by atoms with E-state index in [-0.39, 0.29) is 63.1 Å². The molecule has 2 nitrogen and oxygen atoms in total. The molecule has 0 saturated carbocycles. The molecular weight excluding hydrogens is 695 g/mol. The van der Waals surface area contributed by atoms with Crippen molar-refractivity contribution >= 4 is 34.0 Å². The van der Waals surface area contributed by atoms with Gasteiger partial charge < -0.3 is 33.9 Å². The Labute approximate surface area is 309 Å². The number of benzene rings is 4. The summed E-state index contributed by atoms with van der Waals surface area (Å²) in [6, 6.07) is 35.7. The van der Waals surface area contributed by atoms with Crippen molar-refractivity contribution in [1.29, 1.82) is 0 Å². The summed E-state index contributed by atoms with van der Waals surface area (Å²) in [6.07, 6.45) is 21.6. The molecule has 4 aromatic carbocycles. The van der Waals surface area contributed by atoms with Gasteiger partial charge in [0.05, 0.1) is 0 Å². The van der Waals surface area contributed by atoms with Crippen molar-refractivity contribution in [3.63, 3.8) is 0 Å². The minimum atomic E-state index is 0. The Morgan fingerprint density at radius 2 is 0.851 bits per heavy atom. The van der Waals surface area contributed by atoms with Gasteiger partial charge in [0.1, 0.15) is 0 Å². The molecule has 0 bridgehead atoms. The van der Waals surface area contributed by atoms with Crippen LogP contribution < -0.4 is 24.8 Å². The average molecular weight is 731 g/mol. The molecule has 5 heteroatoms. The summed E-state index contributed by atoms with van der Waals surface area (Å²) in [5.74, 6) is 0. The van der Waals surface area contributed by atoms with Crippen molar-refractivity contribution in [2.24, 2.45) is 0 Å². The molecule has 4 aliphatic rings. The third-order valence-electron chi connectivity index (χ3n) is 10.3. The number of allylic oxidation sites excluding steroid dienone is 2. The number of aromatic nitrogens is 2. The number of nitrogens with zero attached hydrogens (tertiary/aromatic N) is 2. The van der Waals surface area contributed by atoms with Gasteiger partial charge in [-0.25, -0.2) is 24.3 Å². The van der Waals surface area contributed by atoms with Crippen molar-refractivity contribution < 1.29 is 51.0 Å². The van der Waals surface area contributed by atoms with Gasteiger partial charge in [0, 0.05) is 33.2 Å². The van der Waals surface area contributed by atoms with E-state index < -0.39 is 0 Å². The van der Waals surface area contributed by atoms with Gasteiger partial charge in [0.2, 0.25) is 0 Å². The molecule has 6 aromatic rings. The Balaban J connectivity index is 0.000000155. The molecule has 2 unspecified atom stereocenters. The molecule has 2 heterocycles. The Morgan fingerprint density at radius 1 is 0.468 bits per heavy atom. The van der Waals surface area contributed by atoms with E-state index in [1.165, 1.54) is 107 Å². The standard InChI is InChI=1S/2C21H18N.2ClH.Zr/c2*1-2-8-16-15(7-1)13-14-21(16)22-19-11-5-3-9-17(19)18-10-4-6-12-20(18)22;;;/h2*1-3,5,7-9,11,13,21H,4,6,10,12H2;2*1H;/q2*-1;;;+4/p-2. The Bertz CT molecular complexity index is 1970. The van der Waals surface area contributed by atoms with Crippen LogP contribution >= 0.6 is 0 Å². The van der Waals surface area contributed by atoms with Crippen LogP contribution in [0.3, 0.4) is 0 Å². The number of rotatable bonds is 2. The van der Waals surface area contributed by atoms with Crippen LogP contribution in [0.25, 0.3) is 34.0 Å². The summed E-state index contributed by atoms with van der Waals surface area (Å²) in [5, 5.41) is 2.90. The quantitative estimate of drug-likeness (QED) is 0.240. The van der Waals surface area contributed by atoms with Crippen molar-refractivity contribution in [3.05, 3.63) is 154 Å². The molecule has 10 rings (SSSR count). The fourth-order valence-electron chi connectivity index (χ4n) is 8.38. The molecule has 0 amide bonds. The average Bonchev–Trinajstić information content (AvgIpc) is 3.86. The Morgan fingerprint density at radius 3 is 1.32 bits per heavy atom. The summed E-state index contributed by atoms with van der Waals surface area (Å²) < 4.78 is 5.10. The van der Waals surface area contributed by atoms with E-state index in [1.54, 1.807) is 11.1 Å². The Kier molecular flexibility index (Phi) is 10.2. The predicted octanol–water partition coefficient (Wildman–Crippen LogP) is 3.88. The summed E-state index contributed by atoms with van der Waals surface area (Å²) in [4.78, 5) is 0. The second-order valence-corrected chi connectivity index (χ2v) is 12.7. The largest absolute Gasteiger partial charge is 4.00 e. The SMILES string of the molecule is [C-]1=Cc2ccccc2C1n1c2c(c3ccccc31)CCCC2.[C-]1=Cc2ccccc2C1n1c2c(c3ccccc31)CCCC2.[Cl-].[Cl-].[Zr+4]. The molecule has 0 fully saturated rings. The Hall–Kier alpha value is -3.10. The molecule has 0 spiro atoms. The van der Waals surface area contributed by atoms with Gasteiger partial charge in [-0.1, -0.05) is 72.8 Å². The molecule has 0 N–H and O–H groups in total. The van der Waals surface area contributed by atoms with E-state index in [0.29, 0.717) is 0 Å². The maximum Gasteiger partial charge on any atom is 4.00 e. The van der Waals surface area contributed by atoms with Crippen LogP contribution in [0.5, 0.6) is 0 Å². The second-order valence-electron chi connectivity index (χ2n) is 12.7. The van der Waals surface area contributed by atoms with Gasteiger partial charge in [0.25, 0.3) is 0 Å². The summed E-state index contributed by atoms with van der Waals surface area (Å²) in [6.45, 7) is 0. The molecule has 2 atom stereocenters. The fourth-order valence-corrected chi connectivity index (χ4v) is 8.38. The molecular formula is C42H36Cl2N2Zr. The zero-order valence-corrected chi connectivity index (χ0v) is 30.3. The summed E-state index contributed by atoms with van der Waals surface area (Å²) >= 11 is 0. The zero-order valence-electron chi connectivity index (χ0n) is 26.4. The van der Waals surface area contributed by atoms with Crippen molar-refractivity contribution in [1.82, 2.24) is 9.13 Å². The van der Waals surface area contributed by atoms with E-state index >= 15 is 0 Å². The fraction of sp³-hybridized carbons (Fsp3) is 0.238. The molecule has 232 valence electrons. The molecule has 0 saturated heterocycles. The van der Waals surface area contributed by atoms with Crippen LogP contribution in [0.1, 0.15) is 82.5 Å². The number of para-hydroxylation sites is 2. The van der Waals surface area contributed by atoms with E-state index in [9.17, 15) is 0 Å². The molecule has 2 aromatic heterocycles. The molecule has 0 aliphatic heterocycles. The predicted molar refractivity (Wildman–Crippen MR) is 182 cm³/mol.